The second-order valence-corrected chi connectivity index (χ2v) is 8.03. The summed E-state index contributed by atoms with van der Waals surface area (Å²) in [4.78, 5) is 31.8. The molecule has 1 aliphatic carbocycles. The predicted molar refractivity (Wildman–Crippen MR) is 121 cm³/mol. The highest BCUT2D eigenvalue weighted by molar-refractivity contribution is 6.00. The molecule has 1 saturated heterocycles. The van der Waals surface area contributed by atoms with Crippen LogP contribution in [0.15, 0.2) is 48.7 Å². The van der Waals surface area contributed by atoms with Gasteiger partial charge in [0.2, 0.25) is 0 Å². The van der Waals surface area contributed by atoms with E-state index in [0.29, 0.717) is 55.0 Å². The van der Waals surface area contributed by atoms with E-state index >= 15 is 0 Å². The van der Waals surface area contributed by atoms with Crippen molar-refractivity contribution in [3.63, 3.8) is 0 Å². The number of carbonyl (C=O) groups excluding carboxylic acids is 2. The average molecular weight is 446 g/mol. The third kappa shape index (κ3) is 3.78. The number of fused-ring (bicyclic) bond motifs is 3. The van der Waals surface area contributed by atoms with Gasteiger partial charge in [-0.3, -0.25) is 4.79 Å². The van der Waals surface area contributed by atoms with Gasteiger partial charge in [-0.05, 0) is 47.4 Å². The van der Waals surface area contributed by atoms with Crippen LogP contribution < -0.4 is 0 Å². The van der Waals surface area contributed by atoms with Crippen molar-refractivity contribution in [2.24, 2.45) is 0 Å². The first-order chi connectivity index (χ1) is 16.1. The van der Waals surface area contributed by atoms with Gasteiger partial charge in [-0.1, -0.05) is 24.3 Å². The number of amides is 1. The van der Waals surface area contributed by atoms with Crippen molar-refractivity contribution in [2.45, 2.75) is 13.3 Å². The van der Waals surface area contributed by atoms with Crippen molar-refractivity contribution >= 4 is 11.9 Å². The standard InChI is InChI=1S/C26H23FN2O4/c1-2-33-26(31)24-20-14-17-13-16(25(30)29-9-11-32-12-10-29)7-8-18(17)23(20)21(15-28-24)19-5-3-4-6-22(19)27/h3-8,13,15H,2,9-12,14H2,1H3. The highest BCUT2D eigenvalue weighted by atomic mass is 19.1. The Kier molecular flexibility index (Phi) is 5.64. The van der Waals surface area contributed by atoms with E-state index in [9.17, 15) is 14.0 Å². The lowest BCUT2D eigenvalue weighted by atomic mass is 9.94. The van der Waals surface area contributed by atoms with Gasteiger partial charge in [-0.15, -0.1) is 0 Å². The summed E-state index contributed by atoms with van der Waals surface area (Å²) in [6.07, 6.45) is 1.95. The van der Waals surface area contributed by atoms with Gasteiger partial charge in [0.1, 0.15) is 5.82 Å². The molecule has 3 aromatic rings. The summed E-state index contributed by atoms with van der Waals surface area (Å²) in [5, 5.41) is 0. The summed E-state index contributed by atoms with van der Waals surface area (Å²) in [6, 6.07) is 12.1. The van der Waals surface area contributed by atoms with E-state index in [-0.39, 0.29) is 24.0 Å². The topological polar surface area (TPSA) is 68.7 Å². The van der Waals surface area contributed by atoms with Gasteiger partial charge in [0.25, 0.3) is 5.91 Å². The number of hydrogen-bond acceptors (Lipinski definition) is 5. The molecule has 2 aliphatic rings. The molecule has 1 aromatic heterocycles. The number of hydrogen-bond donors (Lipinski definition) is 0. The van der Waals surface area contributed by atoms with Crippen LogP contribution in [0.4, 0.5) is 4.39 Å². The van der Waals surface area contributed by atoms with E-state index in [1.165, 1.54) is 12.3 Å². The Labute approximate surface area is 191 Å². The van der Waals surface area contributed by atoms with Crippen molar-refractivity contribution in [3.8, 4) is 22.3 Å². The SMILES string of the molecule is CCOC(=O)c1ncc(-c2ccccc2F)c2c1Cc1cc(C(=O)N3CCOCC3)ccc1-2. The van der Waals surface area contributed by atoms with Crippen LogP contribution in [0, 0.1) is 5.82 Å². The maximum Gasteiger partial charge on any atom is 0.357 e. The van der Waals surface area contributed by atoms with Crippen molar-refractivity contribution in [1.82, 2.24) is 9.88 Å². The maximum absolute atomic E-state index is 14.7. The van der Waals surface area contributed by atoms with Crippen molar-refractivity contribution in [1.29, 1.82) is 0 Å². The van der Waals surface area contributed by atoms with Crippen molar-refractivity contribution in [3.05, 3.63) is 76.9 Å². The molecule has 0 radical (unpaired) electrons. The third-order valence-electron chi connectivity index (χ3n) is 6.10. The number of aromatic nitrogens is 1. The molecule has 0 N–H and O–H groups in total. The first-order valence-corrected chi connectivity index (χ1v) is 11.0. The van der Waals surface area contributed by atoms with Gasteiger partial charge >= 0.3 is 5.97 Å². The van der Waals surface area contributed by atoms with Crippen LogP contribution in [0.2, 0.25) is 0 Å². The molecule has 1 fully saturated rings. The molecule has 5 rings (SSSR count). The van der Waals surface area contributed by atoms with Gasteiger partial charge in [0.15, 0.2) is 5.69 Å². The molecule has 0 unspecified atom stereocenters. The lowest BCUT2D eigenvalue weighted by Crippen LogP contribution is -2.40. The van der Waals surface area contributed by atoms with E-state index < -0.39 is 5.97 Å². The van der Waals surface area contributed by atoms with Crippen LogP contribution in [-0.4, -0.2) is 54.7 Å². The molecule has 0 spiro atoms. The minimum Gasteiger partial charge on any atom is -0.461 e. The Balaban J connectivity index is 1.62. The Hall–Kier alpha value is -3.58. The minimum atomic E-state index is -0.508. The summed E-state index contributed by atoms with van der Waals surface area (Å²) in [7, 11) is 0. The zero-order valence-electron chi connectivity index (χ0n) is 18.3. The van der Waals surface area contributed by atoms with Gasteiger partial charge in [0, 0.05) is 42.4 Å². The number of pyridine rings is 1. The Morgan fingerprint density at radius 3 is 2.64 bits per heavy atom. The summed E-state index contributed by atoms with van der Waals surface area (Å²) in [5.41, 5.74) is 5.07. The Bertz CT molecular complexity index is 1250. The number of halogens is 1. The lowest BCUT2D eigenvalue weighted by molar-refractivity contribution is 0.0303. The number of nitrogens with zero attached hydrogens (tertiary/aromatic N) is 2. The zero-order chi connectivity index (χ0) is 22.9. The minimum absolute atomic E-state index is 0.0462. The summed E-state index contributed by atoms with van der Waals surface area (Å²) < 4.78 is 25.3. The molecule has 33 heavy (non-hydrogen) atoms. The molecule has 2 aromatic carbocycles. The quantitative estimate of drug-likeness (QED) is 0.442. The van der Waals surface area contributed by atoms with E-state index in [4.69, 9.17) is 9.47 Å². The summed E-state index contributed by atoms with van der Waals surface area (Å²) in [6.45, 7) is 4.15. The third-order valence-corrected chi connectivity index (χ3v) is 6.10. The highest BCUT2D eigenvalue weighted by Gasteiger charge is 2.30. The van der Waals surface area contributed by atoms with Crippen LogP contribution in [0.5, 0.6) is 0 Å². The number of carbonyl (C=O) groups is 2. The summed E-state index contributed by atoms with van der Waals surface area (Å²) >= 11 is 0. The molecule has 7 heteroatoms. The monoisotopic (exact) mass is 446 g/mol. The van der Waals surface area contributed by atoms with Crippen LogP contribution in [0.25, 0.3) is 22.3 Å². The van der Waals surface area contributed by atoms with Crippen LogP contribution >= 0.6 is 0 Å². The van der Waals surface area contributed by atoms with E-state index in [1.54, 1.807) is 36.1 Å². The molecule has 0 bridgehead atoms. The van der Waals surface area contributed by atoms with Crippen LogP contribution in [0.3, 0.4) is 0 Å². The number of morpholine rings is 1. The van der Waals surface area contributed by atoms with Gasteiger partial charge in [-0.25, -0.2) is 14.2 Å². The Morgan fingerprint density at radius 2 is 1.88 bits per heavy atom. The number of rotatable bonds is 4. The summed E-state index contributed by atoms with van der Waals surface area (Å²) in [5.74, 6) is -0.917. The van der Waals surface area contributed by atoms with Crippen molar-refractivity contribution < 1.29 is 23.5 Å². The van der Waals surface area contributed by atoms with Crippen LogP contribution in [-0.2, 0) is 15.9 Å². The lowest BCUT2D eigenvalue weighted by Gasteiger charge is -2.27. The molecule has 0 atom stereocenters. The second kappa shape index (κ2) is 8.75. The molecule has 0 saturated carbocycles. The fourth-order valence-corrected chi connectivity index (χ4v) is 4.55. The molecule has 1 amide bonds. The Morgan fingerprint density at radius 1 is 1.09 bits per heavy atom. The largest absolute Gasteiger partial charge is 0.461 e. The first-order valence-electron chi connectivity index (χ1n) is 11.0. The van der Waals surface area contributed by atoms with E-state index in [2.05, 4.69) is 4.98 Å². The number of ether oxygens (including phenoxy) is 2. The molecule has 6 nitrogen and oxygen atoms in total. The average Bonchev–Trinajstić information content (AvgIpc) is 3.23. The first kappa shape index (κ1) is 21.3. The fraction of sp³-hybridized carbons (Fsp3) is 0.269. The number of benzene rings is 2. The van der Waals surface area contributed by atoms with Gasteiger partial charge in [0.05, 0.1) is 19.8 Å². The number of esters is 1. The van der Waals surface area contributed by atoms with E-state index in [0.717, 1.165) is 16.7 Å². The molecular weight excluding hydrogens is 423 g/mol. The van der Waals surface area contributed by atoms with Gasteiger partial charge in [-0.2, -0.15) is 0 Å². The predicted octanol–water partition coefficient (Wildman–Crippen LogP) is 4.11. The van der Waals surface area contributed by atoms with Gasteiger partial charge < -0.3 is 14.4 Å². The highest BCUT2D eigenvalue weighted by Crippen LogP contribution is 2.44. The molecule has 168 valence electrons. The zero-order valence-corrected chi connectivity index (χ0v) is 18.3. The smallest absolute Gasteiger partial charge is 0.357 e. The van der Waals surface area contributed by atoms with E-state index in [1.807, 2.05) is 12.1 Å². The second-order valence-electron chi connectivity index (χ2n) is 8.03. The van der Waals surface area contributed by atoms with Crippen molar-refractivity contribution in [2.75, 3.05) is 32.9 Å². The normalized spacial score (nSPS) is 14.5. The molecule has 1 aliphatic heterocycles. The molecular formula is C26H23FN2O4. The maximum atomic E-state index is 14.7. The van der Waals surface area contributed by atoms with Crippen LogP contribution in [0.1, 0.15) is 38.9 Å². The molecule has 2 heterocycles. The fourth-order valence-electron chi connectivity index (χ4n) is 4.55.